The molecular formula is C29H25NO2. The molecule has 6 aromatic rings. The van der Waals surface area contributed by atoms with Crippen LogP contribution >= 0.6 is 0 Å². The van der Waals surface area contributed by atoms with Crippen LogP contribution in [0.15, 0.2) is 75.7 Å². The molecule has 3 aromatic carbocycles. The Hall–Kier alpha value is -3.59. The van der Waals surface area contributed by atoms with E-state index in [0.29, 0.717) is 11.3 Å². The van der Waals surface area contributed by atoms with Crippen LogP contribution in [0, 0.1) is 12.3 Å². The highest BCUT2D eigenvalue weighted by Gasteiger charge is 2.16. The van der Waals surface area contributed by atoms with Gasteiger partial charge < -0.3 is 8.83 Å². The van der Waals surface area contributed by atoms with E-state index < -0.39 is 18.6 Å². The van der Waals surface area contributed by atoms with Gasteiger partial charge in [0.25, 0.3) is 0 Å². The van der Waals surface area contributed by atoms with Crippen LogP contribution in [0.5, 0.6) is 0 Å². The second-order valence-electron chi connectivity index (χ2n) is 9.25. The molecule has 0 aliphatic rings. The Morgan fingerprint density at radius 2 is 1.50 bits per heavy atom. The van der Waals surface area contributed by atoms with Crippen molar-refractivity contribution in [3.8, 4) is 11.3 Å². The van der Waals surface area contributed by atoms with E-state index in [2.05, 4.69) is 4.98 Å². The van der Waals surface area contributed by atoms with E-state index in [4.69, 9.17) is 15.7 Å². The molecule has 0 bridgehead atoms. The molecule has 3 aromatic heterocycles. The van der Waals surface area contributed by atoms with Crippen LogP contribution in [0.1, 0.15) is 38.8 Å². The summed E-state index contributed by atoms with van der Waals surface area (Å²) in [5.74, 6) is 0. The first-order valence-corrected chi connectivity index (χ1v) is 10.6. The Labute approximate surface area is 193 Å². The molecule has 3 heteroatoms. The van der Waals surface area contributed by atoms with Gasteiger partial charge in [0, 0.05) is 40.2 Å². The van der Waals surface area contributed by atoms with Crippen LogP contribution in [0.2, 0.25) is 0 Å². The molecule has 3 nitrogen and oxygen atoms in total. The van der Waals surface area contributed by atoms with Gasteiger partial charge in [0.2, 0.25) is 0 Å². The third-order valence-electron chi connectivity index (χ3n) is 5.68. The number of hydrogen-bond donors (Lipinski definition) is 0. The Morgan fingerprint density at radius 3 is 2.25 bits per heavy atom. The summed E-state index contributed by atoms with van der Waals surface area (Å²) in [6.45, 7) is 2.80. The number of fused-ring (bicyclic) bond motifs is 6. The number of para-hydroxylation sites is 1. The van der Waals surface area contributed by atoms with Crippen LogP contribution in [0.4, 0.5) is 0 Å². The van der Waals surface area contributed by atoms with Crippen molar-refractivity contribution >= 4 is 43.9 Å². The predicted octanol–water partition coefficient (Wildman–Crippen LogP) is 8.44. The van der Waals surface area contributed by atoms with Gasteiger partial charge >= 0.3 is 0 Å². The van der Waals surface area contributed by atoms with Crippen molar-refractivity contribution < 1.29 is 15.7 Å². The molecule has 0 fully saturated rings. The van der Waals surface area contributed by atoms with Gasteiger partial charge in [0.05, 0.1) is 5.69 Å². The molecule has 0 amide bonds. The number of furan rings is 2. The van der Waals surface area contributed by atoms with E-state index in [1.165, 1.54) is 6.20 Å². The fourth-order valence-corrected chi connectivity index (χ4v) is 4.27. The quantitative estimate of drug-likeness (QED) is 0.280. The van der Waals surface area contributed by atoms with Crippen molar-refractivity contribution in [3.05, 3.63) is 78.0 Å². The summed E-state index contributed by atoms with van der Waals surface area (Å²) in [6.07, 6.45) is -0.607. The van der Waals surface area contributed by atoms with Crippen molar-refractivity contribution in [1.29, 1.82) is 0 Å². The van der Waals surface area contributed by atoms with E-state index >= 15 is 0 Å². The van der Waals surface area contributed by atoms with Crippen LogP contribution < -0.4 is 0 Å². The standard InChI is InChI=1S/C29H25NO2/c1-17-16-30-24(12-19(17)15-29(2,3)4)18-9-10-26-21(11-18)23-14-27-22(13-28(23)32-26)20-7-5-6-8-25(20)31-27/h5-14,16H,15H2,1-4H3/i1D3,15D2. The van der Waals surface area contributed by atoms with Gasteiger partial charge in [-0.25, -0.2) is 0 Å². The molecule has 158 valence electrons. The molecule has 32 heavy (non-hydrogen) atoms. The van der Waals surface area contributed by atoms with Gasteiger partial charge in [-0.15, -0.1) is 0 Å². The number of pyridine rings is 1. The first kappa shape index (κ1) is 14.5. The summed E-state index contributed by atoms with van der Waals surface area (Å²) in [7, 11) is 0. The summed E-state index contributed by atoms with van der Waals surface area (Å²) in [5.41, 5.74) is 3.50. The van der Waals surface area contributed by atoms with Crippen LogP contribution in [0.3, 0.4) is 0 Å². The number of aromatic nitrogens is 1. The molecule has 6 rings (SSSR count). The number of rotatable bonds is 2. The fraction of sp³-hybridized carbons (Fsp3) is 0.207. The molecular weight excluding hydrogens is 394 g/mol. The largest absolute Gasteiger partial charge is 0.456 e. The van der Waals surface area contributed by atoms with Crippen molar-refractivity contribution in [2.75, 3.05) is 0 Å². The lowest BCUT2D eigenvalue weighted by Gasteiger charge is -2.20. The van der Waals surface area contributed by atoms with Gasteiger partial charge in [-0.3, -0.25) is 4.98 Å². The minimum atomic E-state index is -2.48. The molecule has 0 radical (unpaired) electrons. The van der Waals surface area contributed by atoms with Gasteiger partial charge in [-0.05, 0) is 72.2 Å². The normalized spacial score (nSPS) is 15.7. The number of hydrogen-bond acceptors (Lipinski definition) is 3. The van der Waals surface area contributed by atoms with E-state index in [0.717, 1.165) is 43.9 Å². The first-order valence-electron chi connectivity index (χ1n) is 13.1. The molecule has 0 spiro atoms. The highest BCUT2D eigenvalue weighted by Crippen LogP contribution is 2.38. The number of benzene rings is 3. The maximum Gasteiger partial charge on any atom is 0.136 e. The minimum Gasteiger partial charge on any atom is -0.456 e. The molecule has 0 atom stereocenters. The molecule has 0 N–H and O–H groups in total. The Balaban J connectivity index is 1.55. The fourth-order valence-electron chi connectivity index (χ4n) is 4.27. The minimum absolute atomic E-state index is 0.0710. The highest BCUT2D eigenvalue weighted by molar-refractivity contribution is 6.15. The summed E-state index contributed by atoms with van der Waals surface area (Å²) < 4.78 is 53.7. The smallest absolute Gasteiger partial charge is 0.136 e. The predicted molar refractivity (Wildman–Crippen MR) is 132 cm³/mol. The zero-order valence-corrected chi connectivity index (χ0v) is 18.1. The zero-order chi connectivity index (χ0) is 26.3. The third-order valence-corrected chi connectivity index (χ3v) is 5.68. The summed E-state index contributed by atoms with van der Waals surface area (Å²) in [4.78, 5) is 4.45. The molecule has 0 aliphatic carbocycles. The maximum absolute atomic E-state index is 8.80. The second kappa shape index (κ2) is 6.70. The van der Waals surface area contributed by atoms with Crippen molar-refractivity contribution in [2.24, 2.45) is 5.41 Å². The van der Waals surface area contributed by atoms with Gasteiger partial charge in [0.1, 0.15) is 22.3 Å². The Bertz CT molecular complexity index is 1840. The molecule has 0 saturated carbocycles. The van der Waals surface area contributed by atoms with Gasteiger partial charge in [-0.1, -0.05) is 39.0 Å². The van der Waals surface area contributed by atoms with Crippen molar-refractivity contribution in [2.45, 2.75) is 34.0 Å². The van der Waals surface area contributed by atoms with Gasteiger partial charge in [0.15, 0.2) is 0 Å². The lowest BCUT2D eigenvalue weighted by molar-refractivity contribution is 0.410. The average molecular weight is 425 g/mol. The SMILES string of the molecule is [2H]C([2H])([2H])c1cnc(-c2ccc3oc4cc5c(cc4c3c2)oc2ccccc25)cc1C([2H])([2H])C(C)(C)C. The number of aryl methyl sites for hydroxylation is 1. The van der Waals surface area contributed by atoms with E-state index in [-0.39, 0.29) is 11.1 Å². The lowest BCUT2D eigenvalue weighted by Crippen LogP contribution is -2.10. The second-order valence-corrected chi connectivity index (χ2v) is 9.25. The first-order chi connectivity index (χ1) is 17.3. The summed E-state index contributed by atoms with van der Waals surface area (Å²) in [6, 6.07) is 19.1. The van der Waals surface area contributed by atoms with Crippen LogP contribution in [0.25, 0.3) is 55.1 Å². The summed E-state index contributed by atoms with van der Waals surface area (Å²) >= 11 is 0. The monoisotopic (exact) mass is 424 g/mol. The maximum atomic E-state index is 8.80. The topological polar surface area (TPSA) is 39.2 Å². The van der Waals surface area contributed by atoms with E-state index in [9.17, 15) is 0 Å². The Morgan fingerprint density at radius 1 is 0.812 bits per heavy atom. The van der Waals surface area contributed by atoms with Crippen LogP contribution in [-0.4, -0.2) is 4.98 Å². The summed E-state index contributed by atoms with van der Waals surface area (Å²) in [5, 5.41) is 3.78. The Kier molecular flexibility index (Phi) is 3.03. The van der Waals surface area contributed by atoms with Gasteiger partial charge in [-0.2, -0.15) is 0 Å². The average Bonchev–Trinajstić information content (AvgIpc) is 3.37. The number of nitrogens with zero attached hydrogens (tertiary/aromatic N) is 1. The van der Waals surface area contributed by atoms with Crippen LogP contribution in [-0.2, 0) is 6.37 Å². The zero-order valence-electron chi connectivity index (χ0n) is 23.1. The van der Waals surface area contributed by atoms with E-state index in [1.807, 2.05) is 54.6 Å². The molecule has 0 unspecified atom stereocenters. The molecule has 0 saturated heterocycles. The third kappa shape index (κ3) is 3.08. The van der Waals surface area contributed by atoms with Crippen molar-refractivity contribution in [1.82, 2.24) is 4.98 Å². The molecule has 3 heterocycles. The lowest BCUT2D eigenvalue weighted by atomic mass is 9.86. The highest BCUT2D eigenvalue weighted by atomic mass is 16.3. The molecule has 0 aliphatic heterocycles. The van der Waals surface area contributed by atoms with E-state index in [1.54, 1.807) is 26.8 Å². The van der Waals surface area contributed by atoms with Crippen molar-refractivity contribution in [3.63, 3.8) is 0 Å².